The van der Waals surface area contributed by atoms with E-state index in [1.54, 1.807) is 12.1 Å². The van der Waals surface area contributed by atoms with Crippen molar-refractivity contribution in [2.24, 2.45) is 0 Å². The summed E-state index contributed by atoms with van der Waals surface area (Å²) in [4.78, 5) is 24.4. The van der Waals surface area contributed by atoms with Crippen LogP contribution in [0.4, 0.5) is 11.4 Å². The number of para-hydroxylation sites is 3. The van der Waals surface area contributed by atoms with Crippen LogP contribution in [0.5, 0.6) is 5.75 Å². The molecule has 0 fully saturated rings. The molecule has 0 bridgehead atoms. The normalized spacial score (nSPS) is 15.7. The molecule has 1 aliphatic heterocycles. The Hall–Kier alpha value is -2.82. The molecule has 5 nitrogen and oxygen atoms in total. The molecule has 2 aromatic rings. The Morgan fingerprint density at radius 3 is 2.74 bits per heavy atom. The van der Waals surface area contributed by atoms with Gasteiger partial charge in [-0.25, -0.2) is 0 Å². The van der Waals surface area contributed by atoms with Crippen molar-refractivity contribution in [3.8, 4) is 5.75 Å². The Bertz CT molecular complexity index is 743. The quantitative estimate of drug-likeness (QED) is 0.891. The molecule has 0 aliphatic carbocycles. The van der Waals surface area contributed by atoms with Gasteiger partial charge in [0.25, 0.3) is 0 Å². The van der Waals surface area contributed by atoms with Crippen molar-refractivity contribution in [2.45, 2.75) is 19.3 Å². The number of benzene rings is 2. The van der Waals surface area contributed by atoms with Gasteiger partial charge in [-0.1, -0.05) is 30.3 Å². The smallest absolute Gasteiger partial charge is 0.232 e. The summed E-state index contributed by atoms with van der Waals surface area (Å²) in [7, 11) is 0. The van der Waals surface area contributed by atoms with E-state index in [1.165, 1.54) is 0 Å². The number of carbonyl (C=O) groups excluding carboxylic acids is 2. The summed E-state index contributed by atoms with van der Waals surface area (Å²) in [6, 6.07) is 14.7. The van der Waals surface area contributed by atoms with Gasteiger partial charge in [-0.05, 0) is 30.7 Å². The number of fused-ring (bicyclic) bond motifs is 1. The van der Waals surface area contributed by atoms with E-state index in [9.17, 15) is 9.59 Å². The molecule has 118 valence electrons. The molecule has 23 heavy (non-hydrogen) atoms. The van der Waals surface area contributed by atoms with Crippen molar-refractivity contribution in [3.05, 3.63) is 54.1 Å². The van der Waals surface area contributed by atoms with E-state index in [-0.39, 0.29) is 18.2 Å². The van der Waals surface area contributed by atoms with Gasteiger partial charge in [0, 0.05) is 12.1 Å². The average molecular weight is 310 g/mol. The third-order valence-corrected chi connectivity index (χ3v) is 3.76. The maximum atomic E-state index is 12.3. The first kappa shape index (κ1) is 15.1. The van der Waals surface area contributed by atoms with E-state index < -0.39 is 5.92 Å². The van der Waals surface area contributed by atoms with Crippen LogP contribution in [-0.2, 0) is 9.59 Å². The Morgan fingerprint density at radius 1 is 1.17 bits per heavy atom. The molecular formula is C18H18N2O3. The zero-order valence-corrected chi connectivity index (χ0v) is 12.8. The molecule has 2 amide bonds. The number of hydrogen-bond donors (Lipinski definition) is 2. The molecule has 2 N–H and O–H groups in total. The number of anilines is 2. The van der Waals surface area contributed by atoms with E-state index in [0.717, 1.165) is 11.3 Å². The predicted molar refractivity (Wildman–Crippen MR) is 88.7 cm³/mol. The Labute approximate surface area is 134 Å². The third-order valence-electron chi connectivity index (χ3n) is 3.76. The molecule has 0 saturated carbocycles. The molecule has 3 rings (SSSR count). The van der Waals surface area contributed by atoms with E-state index in [2.05, 4.69) is 10.6 Å². The van der Waals surface area contributed by atoms with Crippen LogP contribution in [-0.4, -0.2) is 18.4 Å². The van der Waals surface area contributed by atoms with Crippen molar-refractivity contribution in [3.63, 3.8) is 0 Å². The van der Waals surface area contributed by atoms with Crippen LogP contribution in [0.3, 0.4) is 0 Å². The number of amides is 2. The lowest BCUT2D eigenvalue weighted by Gasteiger charge is -2.13. The summed E-state index contributed by atoms with van der Waals surface area (Å²) in [5.41, 5.74) is 2.27. The molecule has 0 aromatic heterocycles. The maximum Gasteiger partial charge on any atom is 0.232 e. The van der Waals surface area contributed by atoms with Crippen molar-refractivity contribution in [2.75, 3.05) is 17.2 Å². The fourth-order valence-corrected chi connectivity index (χ4v) is 2.72. The minimum absolute atomic E-state index is 0.101. The zero-order valence-electron chi connectivity index (χ0n) is 12.8. The largest absolute Gasteiger partial charge is 0.492 e. The first-order valence-corrected chi connectivity index (χ1v) is 7.60. The van der Waals surface area contributed by atoms with Crippen LogP contribution < -0.4 is 15.4 Å². The van der Waals surface area contributed by atoms with Gasteiger partial charge in [0.1, 0.15) is 5.75 Å². The van der Waals surface area contributed by atoms with Crippen LogP contribution in [0.1, 0.15) is 24.8 Å². The summed E-state index contributed by atoms with van der Waals surface area (Å²) in [6.07, 6.45) is 0.101. The summed E-state index contributed by atoms with van der Waals surface area (Å²) < 4.78 is 5.49. The van der Waals surface area contributed by atoms with Crippen molar-refractivity contribution >= 4 is 23.2 Å². The molecule has 0 spiro atoms. The predicted octanol–water partition coefficient (Wildman–Crippen LogP) is 3.15. The Balaban J connectivity index is 1.72. The molecular weight excluding hydrogens is 292 g/mol. The van der Waals surface area contributed by atoms with Crippen LogP contribution in [0.2, 0.25) is 0 Å². The monoisotopic (exact) mass is 310 g/mol. The van der Waals surface area contributed by atoms with Crippen LogP contribution in [0.25, 0.3) is 0 Å². The molecule has 1 atom stereocenters. The highest BCUT2D eigenvalue weighted by molar-refractivity contribution is 6.06. The molecule has 1 aliphatic rings. The number of nitrogens with one attached hydrogen (secondary N) is 2. The van der Waals surface area contributed by atoms with Crippen LogP contribution in [0, 0.1) is 0 Å². The SMILES string of the molecule is CCOc1ccccc1NC(=O)CC1C(=O)Nc2ccccc21. The van der Waals surface area contributed by atoms with Gasteiger partial charge in [0.2, 0.25) is 11.8 Å². The Kier molecular flexibility index (Phi) is 4.28. The maximum absolute atomic E-state index is 12.3. The summed E-state index contributed by atoms with van der Waals surface area (Å²) in [5, 5.41) is 5.63. The summed E-state index contributed by atoms with van der Waals surface area (Å²) in [6.45, 7) is 2.41. The second-order valence-electron chi connectivity index (χ2n) is 5.31. The van der Waals surface area contributed by atoms with Gasteiger partial charge < -0.3 is 15.4 Å². The van der Waals surface area contributed by atoms with Crippen LogP contribution in [0.15, 0.2) is 48.5 Å². The fourth-order valence-electron chi connectivity index (χ4n) is 2.72. The topological polar surface area (TPSA) is 67.4 Å². The van der Waals surface area contributed by atoms with Crippen molar-refractivity contribution in [1.82, 2.24) is 0 Å². The van der Waals surface area contributed by atoms with E-state index in [0.29, 0.717) is 18.0 Å². The van der Waals surface area contributed by atoms with E-state index >= 15 is 0 Å². The molecule has 5 heteroatoms. The first-order valence-electron chi connectivity index (χ1n) is 7.60. The summed E-state index contributed by atoms with van der Waals surface area (Å²) in [5.74, 6) is -0.182. The van der Waals surface area contributed by atoms with Gasteiger partial charge in [-0.3, -0.25) is 9.59 Å². The highest BCUT2D eigenvalue weighted by Gasteiger charge is 2.31. The molecule has 0 saturated heterocycles. The van der Waals surface area contributed by atoms with Crippen molar-refractivity contribution in [1.29, 1.82) is 0 Å². The molecule has 0 radical (unpaired) electrons. The van der Waals surface area contributed by atoms with Crippen LogP contribution >= 0.6 is 0 Å². The highest BCUT2D eigenvalue weighted by Crippen LogP contribution is 2.34. The van der Waals surface area contributed by atoms with E-state index in [1.807, 2.05) is 43.3 Å². The Morgan fingerprint density at radius 2 is 1.91 bits per heavy atom. The minimum atomic E-state index is -0.453. The standard InChI is InChI=1S/C18H18N2O3/c1-2-23-16-10-6-5-9-15(16)19-17(21)11-13-12-7-3-4-8-14(12)20-18(13)22/h3-10,13H,2,11H2,1H3,(H,19,21)(H,20,22). The highest BCUT2D eigenvalue weighted by atomic mass is 16.5. The van der Waals surface area contributed by atoms with Gasteiger partial charge in [-0.2, -0.15) is 0 Å². The lowest BCUT2D eigenvalue weighted by atomic mass is 9.97. The van der Waals surface area contributed by atoms with Gasteiger partial charge in [0.15, 0.2) is 0 Å². The molecule has 2 aromatic carbocycles. The molecule has 1 unspecified atom stereocenters. The average Bonchev–Trinajstić information content (AvgIpc) is 2.85. The third kappa shape index (κ3) is 3.18. The minimum Gasteiger partial charge on any atom is -0.492 e. The lowest BCUT2D eigenvalue weighted by molar-refractivity contribution is -0.122. The lowest BCUT2D eigenvalue weighted by Crippen LogP contribution is -2.20. The second-order valence-corrected chi connectivity index (χ2v) is 5.31. The molecule has 1 heterocycles. The fraction of sp³-hybridized carbons (Fsp3) is 0.222. The van der Waals surface area contributed by atoms with Gasteiger partial charge in [0.05, 0.1) is 18.2 Å². The first-order chi connectivity index (χ1) is 11.2. The van der Waals surface area contributed by atoms with Gasteiger partial charge in [-0.15, -0.1) is 0 Å². The van der Waals surface area contributed by atoms with Crippen molar-refractivity contribution < 1.29 is 14.3 Å². The number of carbonyl (C=O) groups is 2. The number of rotatable bonds is 5. The number of ether oxygens (including phenoxy) is 1. The second kappa shape index (κ2) is 6.52. The van der Waals surface area contributed by atoms with Gasteiger partial charge >= 0.3 is 0 Å². The number of hydrogen-bond acceptors (Lipinski definition) is 3. The zero-order chi connectivity index (χ0) is 16.2. The summed E-state index contributed by atoms with van der Waals surface area (Å²) >= 11 is 0. The van der Waals surface area contributed by atoms with E-state index in [4.69, 9.17) is 4.74 Å².